The Morgan fingerprint density at radius 3 is 2.66 bits per heavy atom. The highest BCUT2D eigenvalue weighted by atomic mass is 16.2. The van der Waals surface area contributed by atoms with Gasteiger partial charge in [0.2, 0.25) is 11.8 Å². The Morgan fingerprint density at radius 1 is 1.10 bits per heavy atom. The number of benzene rings is 2. The molecule has 3 aromatic rings. The minimum absolute atomic E-state index is 0.121. The molecule has 0 unspecified atom stereocenters. The first-order valence-corrected chi connectivity index (χ1v) is 9.77. The van der Waals surface area contributed by atoms with Crippen LogP contribution in [0.2, 0.25) is 0 Å². The summed E-state index contributed by atoms with van der Waals surface area (Å²) >= 11 is 0. The van der Waals surface area contributed by atoms with Crippen LogP contribution in [0.4, 0.5) is 0 Å². The zero-order chi connectivity index (χ0) is 20.2. The number of imidazole rings is 1. The molecule has 7 heteroatoms. The Labute approximate surface area is 168 Å². The lowest BCUT2D eigenvalue weighted by Crippen LogP contribution is -2.30. The van der Waals surface area contributed by atoms with Crippen LogP contribution in [0.25, 0.3) is 11.0 Å². The van der Waals surface area contributed by atoms with E-state index in [1.807, 2.05) is 61.5 Å². The highest BCUT2D eigenvalue weighted by Crippen LogP contribution is 2.17. The SMILES string of the molecule is C[C@H](NC(=O)CCC(=O)N1CCC(c2ccccc2)=N1)c1nc2ccccc2[nH]1. The summed E-state index contributed by atoms with van der Waals surface area (Å²) < 4.78 is 0. The number of hydrogen-bond acceptors (Lipinski definition) is 4. The third-order valence-electron chi connectivity index (χ3n) is 4.96. The number of carbonyl (C=O) groups is 2. The number of hydrazone groups is 1. The second kappa shape index (κ2) is 8.26. The molecule has 0 fully saturated rings. The number of para-hydroxylation sites is 2. The standard InChI is InChI=1S/C22H23N5O2/c1-15(22-24-18-9-5-6-10-19(18)25-22)23-20(28)11-12-21(29)27-14-13-17(26-27)16-7-3-2-4-8-16/h2-10,15H,11-14H2,1H3,(H,23,28)(H,24,25)/t15-/m0/s1. The van der Waals surface area contributed by atoms with Crippen LogP contribution < -0.4 is 5.32 Å². The maximum Gasteiger partial charge on any atom is 0.243 e. The Morgan fingerprint density at radius 2 is 1.86 bits per heavy atom. The van der Waals surface area contributed by atoms with Gasteiger partial charge in [0.25, 0.3) is 0 Å². The quantitative estimate of drug-likeness (QED) is 0.678. The topological polar surface area (TPSA) is 90.4 Å². The molecule has 29 heavy (non-hydrogen) atoms. The molecule has 2 amide bonds. The van der Waals surface area contributed by atoms with Crippen LogP contribution in [0.15, 0.2) is 59.7 Å². The monoisotopic (exact) mass is 389 g/mol. The van der Waals surface area contributed by atoms with Crippen molar-refractivity contribution in [1.29, 1.82) is 0 Å². The second-order valence-corrected chi connectivity index (χ2v) is 7.11. The third kappa shape index (κ3) is 4.34. The van der Waals surface area contributed by atoms with Gasteiger partial charge in [-0.1, -0.05) is 42.5 Å². The first kappa shape index (κ1) is 18.9. The van der Waals surface area contributed by atoms with Crippen LogP contribution >= 0.6 is 0 Å². The van der Waals surface area contributed by atoms with Gasteiger partial charge in [0, 0.05) is 19.3 Å². The Hall–Kier alpha value is -3.48. The first-order valence-electron chi connectivity index (χ1n) is 9.77. The highest BCUT2D eigenvalue weighted by molar-refractivity contribution is 6.02. The fourth-order valence-electron chi connectivity index (χ4n) is 3.38. The summed E-state index contributed by atoms with van der Waals surface area (Å²) in [5, 5.41) is 8.79. The Balaban J connectivity index is 1.29. The van der Waals surface area contributed by atoms with E-state index >= 15 is 0 Å². The van der Waals surface area contributed by atoms with Gasteiger partial charge in [-0.25, -0.2) is 9.99 Å². The lowest BCUT2D eigenvalue weighted by Gasteiger charge is -2.13. The van der Waals surface area contributed by atoms with E-state index in [-0.39, 0.29) is 30.7 Å². The minimum Gasteiger partial charge on any atom is -0.346 e. The van der Waals surface area contributed by atoms with E-state index in [9.17, 15) is 9.59 Å². The molecule has 0 radical (unpaired) electrons. The minimum atomic E-state index is -0.264. The van der Waals surface area contributed by atoms with Crippen molar-refractivity contribution in [2.75, 3.05) is 6.54 Å². The Bertz CT molecular complexity index is 1020. The Kier molecular flexibility index (Phi) is 5.37. The number of aromatic amines is 1. The number of aromatic nitrogens is 2. The van der Waals surface area contributed by atoms with Crippen molar-refractivity contribution in [3.05, 3.63) is 66.0 Å². The maximum absolute atomic E-state index is 12.4. The van der Waals surface area contributed by atoms with E-state index < -0.39 is 0 Å². The van der Waals surface area contributed by atoms with Gasteiger partial charge in [0.05, 0.1) is 29.3 Å². The maximum atomic E-state index is 12.4. The molecule has 1 aliphatic rings. The highest BCUT2D eigenvalue weighted by Gasteiger charge is 2.22. The summed E-state index contributed by atoms with van der Waals surface area (Å²) in [6.07, 6.45) is 0.978. The van der Waals surface area contributed by atoms with Crippen LogP contribution in [0.3, 0.4) is 0 Å². The molecule has 0 aliphatic carbocycles. The molecule has 4 rings (SSSR count). The molecule has 2 aromatic carbocycles. The smallest absolute Gasteiger partial charge is 0.243 e. The fraction of sp³-hybridized carbons (Fsp3) is 0.273. The lowest BCUT2D eigenvalue weighted by molar-refractivity contribution is -0.133. The van der Waals surface area contributed by atoms with E-state index in [1.54, 1.807) is 0 Å². The zero-order valence-corrected chi connectivity index (χ0v) is 16.3. The van der Waals surface area contributed by atoms with Gasteiger partial charge in [0.1, 0.15) is 5.82 Å². The molecule has 2 N–H and O–H groups in total. The summed E-state index contributed by atoms with van der Waals surface area (Å²) in [5.74, 6) is 0.378. The van der Waals surface area contributed by atoms with Crippen molar-refractivity contribution >= 4 is 28.6 Å². The van der Waals surface area contributed by atoms with Crippen LogP contribution in [-0.2, 0) is 9.59 Å². The van der Waals surface area contributed by atoms with Crippen molar-refractivity contribution in [2.24, 2.45) is 5.10 Å². The molecule has 148 valence electrons. The predicted octanol–water partition coefficient (Wildman–Crippen LogP) is 3.16. The van der Waals surface area contributed by atoms with Crippen LogP contribution in [0.5, 0.6) is 0 Å². The van der Waals surface area contributed by atoms with Gasteiger partial charge < -0.3 is 10.3 Å². The summed E-state index contributed by atoms with van der Waals surface area (Å²) in [6.45, 7) is 2.43. The summed E-state index contributed by atoms with van der Waals surface area (Å²) in [4.78, 5) is 32.4. The number of nitrogens with zero attached hydrogens (tertiary/aromatic N) is 3. The molecule has 0 bridgehead atoms. The average molecular weight is 389 g/mol. The normalized spacial score (nSPS) is 14.7. The van der Waals surface area contributed by atoms with E-state index in [2.05, 4.69) is 20.4 Å². The number of amides is 2. The molecule has 1 aliphatic heterocycles. The number of fused-ring (bicyclic) bond motifs is 1. The molecular formula is C22H23N5O2. The van der Waals surface area contributed by atoms with E-state index in [0.717, 1.165) is 28.7 Å². The molecule has 0 saturated heterocycles. The van der Waals surface area contributed by atoms with E-state index in [1.165, 1.54) is 5.01 Å². The number of carbonyl (C=O) groups excluding carboxylic acids is 2. The molecule has 1 atom stereocenters. The van der Waals surface area contributed by atoms with Gasteiger partial charge in [0.15, 0.2) is 0 Å². The van der Waals surface area contributed by atoms with Crippen molar-refractivity contribution < 1.29 is 9.59 Å². The first-order chi connectivity index (χ1) is 14.1. The van der Waals surface area contributed by atoms with Crippen molar-refractivity contribution in [2.45, 2.75) is 32.2 Å². The molecule has 0 spiro atoms. The van der Waals surface area contributed by atoms with Gasteiger partial charge in [-0.3, -0.25) is 9.59 Å². The van der Waals surface area contributed by atoms with Gasteiger partial charge in [-0.05, 0) is 24.6 Å². The lowest BCUT2D eigenvalue weighted by atomic mass is 10.1. The van der Waals surface area contributed by atoms with E-state index in [4.69, 9.17) is 0 Å². The van der Waals surface area contributed by atoms with Crippen molar-refractivity contribution in [3.8, 4) is 0 Å². The number of nitrogens with one attached hydrogen (secondary N) is 2. The molecule has 0 saturated carbocycles. The summed E-state index contributed by atoms with van der Waals surface area (Å²) in [6, 6.07) is 17.3. The number of rotatable bonds is 6. The largest absolute Gasteiger partial charge is 0.346 e. The van der Waals surface area contributed by atoms with Gasteiger partial charge in [-0.15, -0.1) is 0 Å². The molecule has 2 heterocycles. The fourth-order valence-corrected chi connectivity index (χ4v) is 3.38. The van der Waals surface area contributed by atoms with Gasteiger partial charge >= 0.3 is 0 Å². The van der Waals surface area contributed by atoms with Crippen LogP contribution in [0.1, 0.15) is 43.6 Å². The van der Waals surface area contributed by atoms with E-state index in [0.29, 0.717) is 12.4 Å². The summed E-state index contributed by atoms with van der Waals surface area (Å²) in [7, 11) is 0. The average Bonchev–Trinajstić information content (AvgIpc) is 3.40. The molecule has 7 nitrogen and oxygen atoms in total. The third-order valence-corrected chi connectivity index (χ3v) is 4.96. The number of hydrogen-bond donors (Lipinski definition) is 2. The predicted molar refractivity (Wildman–Crippen MR) is 111 cm³/mol. The van der Waals surface area contributed by atoms with Crippen LogP contribution in [-0.4, -0.2) is 39.0 Å². The summed E-state index contributed by atoms with van der Waals surface area (Å²) in [5.41, 5.74) is 3.72. The zero-order valence-electron chi connectivity index (χ0n) is 16.3. The second-order valence-electron chi connectivity index (χ2n) is 7.11. The number of H-pyrrole nitrogens is 1. The molecule has 1 aromatic heterocycles. The molecular weight excluding hydrogens is 366 g/mol. The van der Waals surface area contributed by atoms with Gasteiger partial charge in [-0.2, -0.15) is 5.10 Å². The van der Waals surface area contributed by atoms with Crippen molar-refractivity contribution in [3.63, 3.8) is 0 Å². The van der Waals surface area contributed by atoms with Crippen molar-refractivity contribution in [1.82, 2.24) is 20.3 Å². The van der Waals surface area contributed by atoms with Crippen LogP contribution in [0, 0.1) is 0 Å².